The molecule has 3 aromatic carbocycles. The van der Waals surface area contributed by atoms with Crippen molar-refractivity contribution in [3.63, 3.8) is 0 Å². The minimum atomic E-state index is -0.119. The topological polar surface area (TPSA) is 50.7 Å². The SMILES string of the molecule is COc1ccc(/C2=N/C(c3cccc(NC(=O)c4ccccc4)c3)=C\CCCC2)cc1. The number of anilines is 1. The highest BCUT2D eigenvalue weighted by Gasteiger charge is 2.11. The molecule has 156 valence electrons. The third kappa shape index (κ3) is 5.28. The Hall–Kier alpha value is -3.66. The van der Waals surface area contributed by atoms with E-state index < -0.39 is 0 Å². The molecule has 0 spiro atoms. The van der Waals surface area contributed by atoms with Gasteiger partial charge in [0.1, 0.15) is 5.75 Å². The van der Waals surface area contributed by atoms with Gasteiger partial charge in [-0.15, -0.1) is 0 Å². The van der Waals surface area contributed by atoms with Crippen LogP contribution in [-0.2, 0) is 0 Å². The Bertz CT molecular complexity index is 1100. The molecule has 0 fully saturated rings. The van der Waals surface area contributed by atoms with Crippen LogP contribution in [0.5, 0.6) is 5.75 Å². The van der Waals surface area contributed by atoms with E-state index in [1.165, 1.54) is 0 Å². The molecule has 0 saturated carbocycles. The molecule has 0 aliphatic carbocycles. The van der Waals surface area contributed by atoms with Crippen LogP contribution in [0.2, 0.25) is 0 Å². The molecule has 1 amide bonds. The van der Waals surface area contributed by atoms with Crippen LogP contribution in [-0.4, -0.2) is 18.7 Å². The Balaban J connectivity index is 1.60. The summed E-state index contributed by atoms with van der Waals surface area (Å²) in [6, 6.07) is 25.2. The predicted molar refractivity (Wildman–Crippen MR) is 127 cm³/mol. The number of benzene rings is 3. The second-order valence-corrected chi connectivity index (χ2v) is 7.52. The van der Waals surface area contributed by atoms with Gasteiger partial charge in [0.25, 0.3) is 5.91 Å². The number of rotatable bonds is 5. The second-order valence-electron chi connectivity index (χ2n) is 7.52. The van der Waals surface area contributed by atoms with Crippen LogP contribution >= 0.6 is 0 Å². The zero-order valence-corrected chi connectivity index (χ0v) is 17.7. The third-order valence-corrected chi connectivity index (χ3v) is 5.34. The maximum atomic E-state index is 12.5. The lowest BCUT2D eigenvalue weighted by atomic mass is 10.00. The van der Waals surface area contributed by atoms with Crippen LogP contribution in [0, 0.1) is 0 Å². The van der Waals surface area contributed by atoms with Gasteiger partial charge in [-0.1, -0.05) is 36.4 Å². The fourth-order valence-electron chi connectivity index (χ4n) is 3.65. The van der Waals surface area contributed by atoms with Gasteiger partial charge in [-0.2, -0.15) is 0 Å². The van der Waals surface area contributed by atoms with E-state index in [2.05, 4.69) is 23.5 Å². The molecule has 4 rings (SSSR count). The summed E-state index contributed by atoms with van der Waals surface area (Å²) in [7, 11) is 1.67. The number of allylic oxidation sites excluding steroid dienone is 1. The minimum Gasteiger partial charge on any atom is -0.497 e. The molecule has 1 heterocycles. The van der Waals surface area contributed by atoms with Crippen molar-refractivity contribution in [3.05, 3.63) is 102 Å². The molecule has 0 unspecified atom stereocenters. The first-order valence-corrected chi connectivity index (χ1v) is 10.6. The summed E-state index contributed by atoms with van der Waals surface area (Å²) < 4.78 is 5.28. The van der Waals surface area contributed by atoms with Gasteiger partial charge in [0.2, 0.25) is 0 Å². The van der Waals surface area contributed by atoms with Crippen LogP contribution in [0.4, 0.5) is 5.69 Å². The maximum absolute atomic E-state index is 12.5. The van der Waals surface area contributed by atoms with E-state index in [9.17, 15) is 4.79 Å². The van der Waals surface area contributed by atoms with E-state index in [-0.39, 0.29) is 5.91 Å². The lowest BCUT2D eigenvalue weighted by molar-refractivity contribution is 0.102. The fraction of sp³-hybridized carbons (Fsp3) is 0.185. The number of methoxy groups -OCH3 is 1. The number of carbonyl (C=O) groups excluding carboxylic acids is 1. The Morgan fingerprint density at radius 3 is 2.48 bits per heavy atom. The fourth-order valence-corrected chi connectivity index (χ4v) is 3.65. The van der Waals surface area contributed by atoms with Crippen molar-refractivity contribution in [1.29, 1.82) is 0 Å². The summed E-state index contributed by atoms with van der Waals surface area (Å²) in [4.78, 5) is 17.6. The largest absolute Gasteiger partial charge is 0.497 e. The summed E-state index contributed by atoms with van der Waals surface area (Å²) in [5.74, 6) is 0.722. The monoisotopic (exact) mass is 410 g/mol. The summed E-state index contributed by atoms with van der Waals surface area (Å²) >= 11 is 0. The summed E-state index contributed by atoms with van der Waals surface area (Å²) in [5, 5.41) is 2.99. The van der Waals surface area contributed by atoms with Gasteiger partial charge < -0.3 is 10.1 Å². The van der Waals surface area contributed by atoms with Crippen LogP contribution in [0.15, 0.2) is 89.9 Å². The van der Waals surface area contributed by atoms with E-state index in [0.29, 0.717) is 5.56 Å². The van der Waals surface area contributed by atoms with Crippen LogP contribution < -0.4 is 10.1 Å². The van der Waals surface area contributed by atoms with Gasteiger partial charge >= 0.3 is 0 Å². The molecular formula is C27H26N2O2. The normalized spacial score (nSPS) is 17.3. The first-order valence-electron chi connectivity index (χ1n) is 10.6. The first-order chi connectivity index (χ1) is 15.2. The molecular weight excluding hydrogens is 384 g/mol. The zero-order chi connectivity index (χ0) is 21.5. The van der Waals surface area contributed by atoms with Crippen molar-refractivity contribution >= 4 is 23.0 Å². The Morgan fingerprint density at radius 2 is 1.71 bits per heavy atom. The van der Waals surface area contributed by atoms with Gasteiger partial charge in [-0.3, -0.25) is 9.79 Å². The van der Waals surface area contributed by atoms with Crippen molar-refractivity contribution in [2.24, 2.45) is 4.99 Å². The van der Waals surface area contributed by atoms with E-state index >= 15 is 0 Å². The Kier molecular flexibility index (Phi) is 6.58. The number of nitrogens with one attached hydrogen (secondary N) is 1. The molecule has 0 saturated heterocycles. The average molecular weight is 411 g/mol. The van der Waals surface area contributed by atoms with Crippen LogP contribution in [0.3, 0.4) is 0 Å². The maximum Gasteiger partial charge on any atom is 0.255 e. The van der Waals surface area contributed by atoms with Gasteiger partial charge in [0, 0.05) is 22.5 Å². The van der Waals surface area contributed by atoms with E-state index in [0.717, 1.165) is 59.7 Å². The lowest BCUT2D eigenvalue weighted by Gasteiger charge is -2.14. The van der Waals surface area contributed by atoms with E-state index in [4.69, 9.17) is 9.73 Å². The minimum absolute atomic E-state index is 0.119. The molecule has 4 nitrogen and oxygen atoms in total. The first kappa shape index (κ1) is 20.6. The molecule has 3 aromatic rings. The number of hydrogen-bond acceptors (Lipinski definition) is 3. The molecule has 31 heavy (non-hydrogen) atoms. The summed E-state index contributed by atoms with van der Waals surface area (Å²) in [5.41, 5.74) is 5.53. The molecule has 0 radical (unpaired) electrons. The number of amides is 1. The molecule has 1 N–H and O–H groups in total. The van der Waals surface area contributed by atoms with E-state index in [1.807, 2.05) is 66.7 Å². The highest BCUT2D eigenvalue weighted by atomic mass is 16.5. The van der Waals surface area contributed by atoms with Crippen molar-refractivity contribution in [1.82, 2.24) is 0 Å². The van der Waals surface area contributed by atoms with Gasteiger partial charge in [0.05, 0.1) is 12.8 Å². The van der Waals surface area contributed by atoms with Crippen molar-refractivity contribution in [3.8, 4) is 5.75 Å². The van der Waals surface area contributed by atoms with Crippen molar-refractivity contribution < 1.29 is 9.53 Å². The number of aliphatic imine (C=N–C) groups is 1. The highest BCUT2D eigenvalue weighted by molar-refractivity contribution is 6.05. The smallest absolute Gasteiger partial charge is 0.255 e. The Morgan fingerprint density at radius 1 is 0.903 bits per heavy atom. The number of ether oxygens (including phenoxy) is 1. The average Bonchev–Trinajstić information content (AvgIpc) is 2.80. The third-order valence-electron chi connectivity index (χ3n) is 5.34. The summed E-state index contributed by atoms with van der Waals surface area (Å²) in [6.45, 7) is 0. The van der Waals surface area contributed by atoms with Crippen molar-refractivity contribution in [2.45, 2.75) is 25.7 Å². The number of nitrogens with zero attached hydrogens (tertiary/aromatic N) is 1. The molecule has 1 aliphatic heterocycles. The molecule has 0 bridgehead atoms. The molecule has 0 atom stereocenters. The van der Waals surface area contributed by atoms with E-state index in [1.54, 1.807) is 7.11 Å². The van der Waals surface area contributed by atoms with Gasteiger partial charge in [-0.05, 0) is 79.8 Å². The predicted octanol–water partition coefficient (Wildman–Crippen LogP) is 6.35. The van der Waals surface area contributed by atoms with Gasteiger partial charge in [0.15, 0.2) is 0 Å². The Labute approximate surface area is 183 Å². The van der Waals surface area contributed by atoms with Crippen molar-refractivity contribution in [2.75, 3.05) is 12.4 Å². The molecule has 1 aliphatic rings. The standard InChI is InChI=1S/C27H26N2O2/c1-31-24-17-15-20(16-18-24)25-13-6-3-7-14-26(29-25)22-11-8-12-23(19-22)28-27(30)21-9-4-2-5-10-21/h2,4-5,8-12,14-19H,3,6-7,13H2,1H3,(H,28,30)/b26-14-,29-25+. The van der Waals surface area contributed by atoms with Crippen LogP contribution in [0.25, 0.3) is 5.70 Å². The number of hydrogen-bond donors (Lipinski definition) is 1. The second kappa shape index (κ2) is 9.90. The van der Waals surface area contributed by atoms with Crippen LogP contribution in [0.1, 0.15) is 47.2 Å². The quantitative estimate of drug-likeness (QED) is 0.533. The highest BCUT2D eigenvalue weighted by Crippen LogP contribution is 2.26. The lowest BCUT2D eigenvalue weighted by Crippen LogP contribution is -2.11. The molecule has 0 aromatic heterocycles. The summed E-state index contributed by atoms with van der Waals surface area (Å²) in [6.07, 6.45) is 6.37. The zero-order valence-electron chi connectivity index (χ0n) is 17.7. The number of carbonyl (C=O) groups is 1. The van der Waals surface area contributed by atoms with Gasteiger partial charge in [-0.25, -0.2) is 0 Å². The molecule has 4 heteroatoms.